The molecule has 1 atom stereocenters. The van der Waals surface area contributed by atoms with Gasteiger partial charge in [-0.25, -0.2) is 0 Å². The number of aryl methyl sites for hydroxylation is 1. The number of hydrogen-bond acceptors (Lipinski definition) is 5. The van der Waals surface area contributed by atoms with E-state index in [0.717, 1.165) is 47.9 Å². The van der Waals surface area contributed by atoms with E-state index < -0.39 is 0 Å². The largest absolute Gasteiger partial charge is 0.339 e. The molecular formula is C16H23N3OS. The Hall–Kier alpha value is -1.20. The summed E-state index contributed by atoms with van der Waals surface area (Å²) in [4.78, 5) is 8.18. The lowest BCUT2D eigenvalue weighted by atomic mass is 10.0. The summed E-state index contributed by atoms with van der Waals surface area (Å²) in [6.07, 6.45) is 4.65. The molecule has 0 saturated carbocycles. The first-order chi connectivity index (χ1) is 10.2. The van der Waals surface area contributed by atoms with Crippen LogP contribution in [0, 0.1) is 5.92 Å². The second kappa shape index (κ2) is 6.71. The van der Waals surface area contributed by atoms with Crippen molar-refractivity contribution in [3.63, 3.8) is 0 Å². The van der Waals surface area contributed by atoms with E-state index in [-0.39, 0.29) is 0 Å². The summed E-state index contributed by atoms with van der Waals surface area (Å²) in [5.74, 6) is 2.24. The quantitative estimate of drug-likeness (QED) is 0.813. The van der Waals surface area contributed by atoms with E-state index >= 15 is 0 Å². The second-order valence-corrected chi connectivity index (χ2v) is 7.03. The molecule has 4 nitrogen and oxygen atoms in total. The maximum absolute atomic E-state index is 5.35. The van der Waals surface area contributed by atoms with Crippen molar-refractivity contribution in [2.75, 3.05) is 13.1 Å². The first-order valence-electron chi connectivity index (χ1n) is 7.84. The molecule has 0 amide bonds. The Balaban J connectivity index is 1.50. The van der Waals surface area contributed by atoms with Gasteiger partial charge in [0.2, 0.25) is 11.7 Å². The Labute approximate surface area is 130 Å². The molecule has 0 unspecified atom stereocenters. The average molecular weight is 305 g/mol. The zero-order valence-corrected chi connectivity index (χ0v) is 13.6. The fraction of sp³-hybridized carbons (Fsp3) is 0.625. The van der Waals surface area contributed by atoms with Gasteiger partial charge in [0.25, 0.3) is 0 Å². The third-order valence-corrected chi connectivity index (χ3v) is 5.10. The minimum Gasteiger partial charge on any atom is -0.339 e. The molecule has 2 aromatic heterocycles. The molecule has 0 aromatic carbocycles. The maximum atomic E-state index is 5.35. The third kappa shape index (κ3) is 3.52. The highest BCUT2D eigenvalue weighted by Gasteiger charge is 2.26. The summed E-state index contributed by atoms with van der Waals surface area (Å²) in [5.41, 5.74) is 0. The van der Waals surface area contributed by atoms with Gasteiger partial charge in [-0.1, -0.05) is 25.1 Å². The van der Waals surface area contributed by atoms with Crippen LogP contribution in [0.25, 0.3) is 10.7 Å². The molecule has 0 aliphatic carbocycles. The summed E-state index contributed by atoms with van der Waals surface area (Å²) in [6.45, 7) is 7.04. The van der Waals surface area contributed by atoms with Crippen LogP contribution in [-0.4, -0.2) is 34.2 Å². The van der Waals surface area contributed by atoms with Crippen molar-refractivity contribution in [1.82, 2.24) is 15.0 Å². The molecule has 0 N–H and O–H groups in total. The predicted molar refractivity (Wildman–Crippen MR) is 85.4 cm³/mol. The van der Waals surface area contributed by atoms with E-state index in [1.165, 1.54) is 19.4 Å². The van der Waals surface area contributed by atoms with E-state index in [9.17, 15) is 0 Å². The van der Waals surface area contributed by atoms with E-state index in [4.69, 9.17) is 4.52 Å². The highest BCUT2D eigenvalue weighted by Crippen LogP contribution is 2.24. The first-order valence-corrected chi connectivity index (χ1v) is 8.72. The molecule has 114 valence electrons. The minimum atomic E-state index is 0.723. The van der Waals surface area contributed by atoms with Crippen LogP contribution in [0.1, 0.15) is 39.0 Å². The number of aromatic nitrogens is 2. The zero-order valence-electron chi connectivity index (χ0n) is 12.8. The van der Waals surface area contributed by atoms with E-state index in [2.05, 4.69) is 28.9 Å². The van der Waals surface area contributed by atoms with Crippen molar-refractivity contribution in [1.29, 1.82) is 0 Å². The smallest absolute Gasteiger partial charge is 0.227 e. The summed E-state index contributed by atoms with van der Waals surface area (Å²) < 4.78 is 5.35. The molecule has 3 heterocycles. The maximum Gasteiger partial charge on any atom is 0.227 e. The Bertz CT molecular complexity index is 550. The monoisotopic (exact) mass is 305 g/mol. The highest BCUT2D eigenvalue weighted by atomic mass is 32.1. The molecule has 0 spiro atoms. The lowest BCUT2D eigenvalue weighted by molar-refractivity contribution is 0.202. The Morgan fingerprint density at radius 1 is 1.48 bits per heavy atom. The van der Waals surface area contributed by atoms with Crippen molar-refractivity contribution in [3.05, 3.63) is 23.4 Å². The van der Waals surface area contributed by atoms with Gasteiger partial charge in [-0.3, -0.25) is 0 Å². The van der Waals surface area contributed by atoms with Crippen LogP contribution in [0.2, 0.25) is 0 Å². The SMILES string of the molecule is CC(C)[C@@H]1CCCN1CCCc1nc(-c2cccs2)no1. The van der Waals surface area contributed by atoms with Crippen molar-refractivity contribution < 1.29 is 4.52 Å². The molecule has 2 aromatic rings. The van der Waals surface area contributed by atoms with Crippen LogP contribution in [0.3, 0.4) is 0 Å². The topological polar surface area (TPSA) is 42.2 Å². The summed E-state index contributed by atoms with van der Waals surface area (Å²) in [7, 11) is 0. The summed E-state index contributed by atoms with van der Waals surface area (Å²) in [5, 5.41) is 6.10. The van der Waals surface area contributed by atoms with Crippen molar-refractivity contribution >= 4 is 11.3 Å². The lowest BCUT2D eigenvalue weighted by Crippen LogP contribution is -2.34. The standard InChI is InChI=1S/C16H23N3OS/c1-12(2)13-6-3-9-19(13)10-4-8-15-17-16(18-20-15)14-7-5-11-21-14/h5,7,11-13H,3-4,6,8-10H2,1-2H3/t13-/m0/s1. The van der Waals surface area contributed by atoms with Crippen LogP contribution in [0.4, 0.5) is 0 Å². The minimum absolute atomic E-state index is 0.723. The average Bonchev–Trinajstić information content (AvgIpc) is 3.20. The molecule has 0 bridgehead atoms. The second-order valence-electron chi connectivity index (χ2n) is 6.08. The van der Waals surface area contributed by atoms with E-state index in [1.54, 1.807) is 11.3 Å². The van der Waals surface area contributed by atoms with E-state index in [0.29, 0.717) is 0 Å². The molecule has 1 aliphatic heterocycles. The molecule has 5 heteroatoms. The molecule has 3 rings (SSSR count). The molecule has 21 heavy (non-hydrogen) atoms. The van der Waals surface area contributed by atoms with Crippen LogP contribution < -0.4 is 0 Å². The lowest BCUT2D eigenvalue weighted by Gasteiger charge is -2.27. The predicted octanol–water partition coefficient (Wildman–Crippen LogP) is 3.85. The highest BCUT2D eigenvalue weighted by molar-refractivity contribution is 7.13. The number of rotatable bonds is 6. The molecule has 1 fully saturated rings. The summed E-state index contributed by atoms with van der Waals surface area (Å²) >= 11 is 1.64. The van der Waals surface area contributed by atoms with Gasteiger partial charge in [-0.15, -0.1) is 11.3 Å². The normalized spacial score (nSPS) is 19.7. The fourth-order valence-electron chi connectivity index (χ4n) is 3.18. The van der Waals surface area contributed by atoms with Gasteiger partial charge < -0.3 is 9.42 Å². The van der Waals surface area contributed by atoms with Crippen molar-refractivity contribution in [2.24, 2.45) is 5.92 Å². The van der Waals surface area contributed by atoms with Crippen LogP contribution in [0.15, 0.2) is 22.0 Å². The number of thiophene rings is 1. The van der Waals surface area contributed by atoms with Gasteiger partial charge in [0.05, 0.1) is 4.88 Å². The molecule has 1 aliphatic rings. The van der Waals surface area contributed by atoms with Crippen LogP contribution in [-0.2, 0) is 6.42 Å². The molecular weight excluding hydrogens is 282 g/mol. The van der Waals surface area contributed by atoms with Crippen molar-refractivity contribution in [2.45, 2.75) is 45.6 Å². The number of likely N-dealkylation sites (tertiary alicyclic amines) is 1. The molecule has 0 radical (unpaired) electrons. The van der Waals surface area contributed by atoms with Gasteiger partial charge in [0.1, 0.15) is 0 Å². The number of hydrogen-bond donors (Lipinski definition) is 0. The van der Waals surface area contributed by atoms with Gasteiger partial charge in [-0.05, 0) is 49.7 Å². The van der Waals surface area contributed by atoms with Gasteiger partial charge >= 0.3 is 0 Å². The Kier molecular flexibility index (Phi) is 4.70. The van der Waals surface area contributed by atoms with Crippen LogP contribution >= 0.6 is 11.3 Å². The molecule has 1 saturated heterocycles. The number of nitrogens with zero attached hydrogens (tertiary/aromatic N) is 3. The van der Waals surface area contributed by atoms with Gasteiger partial charge in [0, 0.05) is 12.5 Å². The van der Waals surface area contributed by atoms with Crippen molar-refractivity contribution in [3.8, 4) is 10.7 Å². The van der Waals surface area contributed by atoms with E-state index in [1.807, 2.05) is 17.5 Å². The van der Waals surface area contributed by atoms with Crippen LogP contribution in [0.5, 0.6) is 0 Å². The summed E-state index contributed by atoms with van der Waals surface area (Å²) in [6, 6.07) is 4.79. The third-order valence-electron chi connectivity index (χ3n) is 4.23. The fourth-order valence-corrected chi connectivity index (χ4v) is 3.83. The first kappa shape index (κ1) is 14.7. The Morgan fingerprint density at radius 2 is 2.38 bits per heavy atom. The Morgan fingerprint density at radius 3 is 3.14 bits per heavy atom. The van der Waals surface area contributed by atoms with Gasteiger partial charge in [-0.2, -0.15) is 4.98 Å². The zero-order chi connectivity index (χ0) is 14.7. The van der Waals surface area contributed by atoms with Gasteiger partial charge in [0.15, 0.2) is 0 Å².